The third-order valence-electron chi connectivity index (χ3n) is 7.32. The predicted octanol–water partition coefficient (Wildman–Crippen LogP) is 10.2. The van der Waals surface area contributed by atoms with Crippen molar-refractivity contribution >= 4 is 45.3 Å². The molecule has 0 saturated carbocycles. The summed E-state index contributed by atoms with van der Waals surface area (Å²) in [5.74, 6) is 0.584. The molecule has 0 heterocycles. The van der Waals surface area contributed by atoms with Gasteiger partial charge in [0.05, 0.1) is 0 Å². The van der Waals surface area contributed by atoms with E-state index in [2.05, 4.69) is 20.8 Å². The van der Waals surface area contributed by atoms with Gasteiger partial charge in [-0.3, -0.25) is 0 Å². The number of benzene rings is 3. The van der Waals surface area contributed by atoms with Crippen molar-refractivity contribution in [1.29, 1.82) is 0 Å². The van der Waals surface area contributed by atoms with Gasteiger partial charge in [0.25, 0.3) is 0 Å². The van der Waals surface area contributed by atoms with Crippen LogP contribution in [-0.2, 0) is 11.3 Å². The van der Waals surface area contributed by atoms with Gasteiger partial charge in [0.2, 0.25) is 0 Å². The molecule has 3 nitrogen and oxygen atoms in total. The van der Waals surface area contributed by atoms with E-state index < -0.39 is 18.4 Å². The van der Waals surface area contributed by atoms with Gasteiger partial charge in [-0.05, 0) is 0 Å². The van der Waals surface area contributed by atoms with Crippen LogP contribution in [0.4, 0.5) is 4.39 Å². The molecule has 3 aromatic carbocycles. The second-order valence-corrected chi connectivity index (χ2v) is 24.8. The van der Waals surface area contributed by atoms with E-state index in [0.717, 1.165) is 65.9 Å². The van der Waals surface area contributed by atoms with E-state index in [1.54, 1.807) is 7.11 Å². The van der Waals surface area contributed by atoms with Gasteiger partial charge in [-0.25, -0.2) is 0 Å². The van der Waals surface area contributed by atoms with Crippen LogP contribution in [0.2, 0.25) is 18.3 Å². The fourth-order valence-corrected chi connectivity index (χ4v) is 23.7. The molecule has 0 aliphatic rings. The van der Waals surface area contributed by atoms with E-state index in [-0.39, 0.29) is 12.6 Å². The average Bonchev–Trinajstić information content (AvgIpc) is 2.99. The van der Waals surface area contributed by atoms with Crippen LogP contribution in [0.5, 0.6) is 11.5 Å². The molecule has 0 aromatic heterocycles. The normalized spacial score (nSPS) is 11.6. The first-order valence-electron chi connectivity index (χ1n) is 14.6. The first kappa shape index (κ1) is 33.1. The Morgan fingerprint density at radius 1 is 0.775 bits per heavy atom. The van der Waals surface area contributed by atoms with Gasteiger partial charge in [-0.1, -0.05) is 0 Å². The van der Waals surface area contributed by atoms with Gasteiger partial charge in [0, 0.05) is 0 Å². The molecule has 0 aliphatic carbocycles. The summed E-state index contributed by atoms with van der Waals surface area (Å²) in [5, 5.41) is 0.355. The van der Waals surface area contributed by atoms with Crippen molar-refractivity contribution in [2.75, 3.05) is 13.9 Å². The Labute approximate surface area is 254 Å². The monoisotopic (exact) mass is 694 g/mol. The second-order valence-electron chi connectivity index (χ2n) is 10.3. The molecule has 0 atom stereocenters. The number of hydrogen-bond donors (Lipinski definition) is 0. The van der Waals surface area contributed by atoms with Crippen molar-refractivity contribution in [3.8, 4) is 11.5 Å². The van der Waals surface area contributed by atoms with Crippen LogP contribution in [0.15, 0.2) is 70.5 Å². The summed E-state index contributed by atoms with van der Waals surface area (Å²) in [7, 11) is 1.55. The summed E-state index contributed by atoms with van der Waals surface area (Å²) in [6, 6.07) is 19.9. The second kappa shape index (κ2) is 17.5. The van der Waals surface area contributed by atoms with Crippen molar-refractivity contribution < 1.29 is 18.6 Å². The first-order valence-corrected chi connectivity index (χ1v) is 23.3. The number of hydrogen-bond acceptors (Lipinski definition) is 4. The van der Waals surface area contributed by atoms with E-state index in [1.165, 1.54) is 11.8 Å². The van der Waals surface area contributed by atoms with Gasteiger partial charge < -0.3 is 0 Å². The molecule has 0 amide bonds. The Morgan fingerprint density at radius 2 is 1.32 bits per heavy atom. The molecule has 0 unspecified atom stereocenters. The summed E-state index contributed by atoms with van der Waals surface area (Å²) in [6.07, 6.45) is 6.57. The van der Waals surface area contributed by atoms with Gasteiger partial charge in [0.15, 0.2) is 0 Å². The van der Waals surface area contributed by atoms with Crippen LogP contribution in [0.1, 0.15) is 64.9 Å². The van der Waals surface area contributed by atoms with Gasteiger partial charge in [-0.15, -0.1) is 0 Å². The molecule has 0 radical (unpaired) electrons. The Bertz CT molecular complexity index is 1140. The SMILES string of the molecule is CCC[CH2][Sn]([CH2]CCC)([CH2]CCC)[c]1c(F)c(Sc2ccccc2)c(OCOC)c(Cl)c1OCc1ccccc1. The fraction of sp³-hybridized carbons (Fsp3) is 0.455. The zero-order valence-electron chi connectivity index (χ0n) is 24.4. The number of halogens is 2. The summed E-state index contributed by atoms with van der Waals surface area (Å²) in [5.41, 5.74) is 1.02. The Hall–Kier alpha value is -1.41. The van der Waals surface area contributed by atoms with Gasteiger partial charge in [-0.2, -0.15) is 0 Å². The van der Waals surface area contributed by atoms with Crippen LogP contribution in [0.25, 0.3) is 0 Å². The summed E-state index contributed by atoms with van der Waals surface area (Å²) in [4.78, 5) is 1.36. The molecule has 0 spiro atoms. The summed E-state index contributed by atoms with van der Waals surface area (Å²) in [6.45, 7) is 6.97. The Morgan fingerprint density at radius 3 is 1.85 bits per heavy atom. The maximum atomic E-state index is 17.4. The van der Waals surface area contributed by atoms with Gasteiger partial charge in [0.1, 0.15) is 0 Å². The maximum absolute atomic E-state index is 17.4. The van der Waals surface area contributed by atoms with Crippen LogP contribution in [0, 0.1) is 5.82 Å². The average molecular weight is 694 g/mol. The minimum atomic E-state index is -3.40. The minimum absolute atomic E-state index is 0.0328. The molecular formula is C33H44ClFO3SSn. The van der Waals surface area contributed by atoms with E-state index in [4.69, 9.17) is 25.8 Å². The molecule has 0 fully saturated rings. The molecule has 0 N–H and O–H groups in total. The van der Waals surface area contributed by atoms with E-state index in [9.17, 15) is 0 Å². The molecular weight excluding hydrogens is 650 g/mol. The van der Waals surface area contributed by atoms with Crippen LogP contribution in [0.3, 0.4) is 0 Å². The number of methoxy groups -OCH3 is 1. The van der Waals surface area contributed by atoms with Crippen LogP contribution < -0.4 is 13.1 Å². The van der Waals surface area contributed by atoms with E-state index in [1.807, 2.05) is 60.7 Å². The zero-order chi connectivity index (χ0) is 28.8. The van der Waals surface area contributed by atoms with Crippen molar-refractivity contribution in [2.45, 2.75) is 89.0 Å². The predicted molar refractivity (Wildman–Crippen MR) is 170 cm³/mol. The van der Waals surface area contributed by atoms with Gasteiger partial charge >= 0.3 is 255 Å². The van der Waals surface area contributed by atoms with E-state index >= 15 is 4.39 Å². The third-order valence-corrected chi connectivity index (χ3v) is 24.3. The molecule has 218 valence electrons. The van der Waals surface area contributed by atoms with Crippen molar-refractivity contribution in [1.82, 2.24) is 0 Å². The standard InChI is InChI=1S/C21H17ClFO3S.3C4H9.Sn/c1-24-14-26-20-19(22)18(25-13-15-8-4-2-5-9-15)12-17(23)21(20)27-16-10-6-3-7-11-16;3*1-3-4-2;/h2-11H,13-14H2,1H3;3*1,3-4H2,2H3;. The number of ether oxygens (including phenoxy) is 3. The summed E-state index contributed by atoms with van der Waals surface area (Å²) < 4.78 is 39.2. The first-order chi connectivity index (χ1) is 19.5. The Kier molecular flexibility index (Phi) is 14.5. The molecule has 3 aromatic rings. The molecule has 3 rings (SSSR count). The van der Waals surface area contributed by atoms with Crippen molar-refractivity contribution in [3.63, 3.8) is 0 Å². The summed E-state index contributed by atoms with van der Waals surface area (Å²) >= 11 is 5.19. The topological polar surface area (TPSA) is 27.7 Å². The van der Waals surface area contributed by atoms with Crippen LogP contribution >= 0.6 is 23.4 Å². The quantitative estimate of drug-likeness (QED) is 0.0979. The van der Waals surface area contributed by atoms with Crippen molar-refractivity contribution in [2.24, 2.45) is 0 Å². The molecule has 7 heteroatoms. The third kappa shape index (κ3) is 8.79. The number of unbranched alkanes of at least 4 members (excludes halogenated alkanes) is 3. The zero-order valence-corrected chi connectivity index (χ0v) is 28.9. The molecule has 0 aliphatic heterocycles. The fourth-order valence-electron chi connectivity index (χ4n) is 5.20. The molecule has 0 saturated heterocycles. The Balaban J connectivity index is 2.30. The van der Waals surface area contributed by atoms with Crippen LogP contribution in [-0.4, -0.2) is 32.3 Å². The molecule has 0 bridgehead atoms. The van der Waals surface area contributed by atoms with E-state index in [0.29, 0.717) is 28.0 Å². The van der Waals surface area contributed by atoms with Crippen molar-refractivity contribution in [3.05, 3.63) is 77.1 Å². The number of rotatable bonds is 18. The molecule has 40 heavy (non-hydrogen) atoms.